The molecule has 1 heterocycles. The molecule has 106 valence electrons. The third kappa shape index (κ3) is 2.68. The number of anilines is 1. The lowest BCUT2D eigenvalue weighted by atomic mass is 9.87. The Morgan fingerprint density at radius 2 is 1.70 bits per heavy atom. The van der Waals surface area contributed by atoms with E-state index in [0.717, 1.165) is 23.8 Å². The van der Waals surface area contributed by atoms with Crippen LogP contribution in [0.15, 0.2) is 18.2 Å². The van der Waals surface area contributed by atoms with Crippen LogP contribution in [0.3, 0.4) is 0 Å². The molecule has 2 aromatic rings. The largest absolute Gasteiger partial charge is 0.375 e. The van der Waals surface area contributed by atoms with Crippen molar-refractivity contribution in [2.75, 3.05) is 5.73 Å². The Morgan fingerprint density at radius 3 is 2.35 bits per heavy atom. The van der Waals surface area contributed by atoms with Gasteiger partial charge in [-0.05, 0) is 30.9 Å². The van der Waals surface area contributed by atoms with Gasteiger partial charge in [0.05, 0.1) is 5.69 Å². The summed E-state index contributed by atoms with van der Waals surface area (Å²) in [5.74, 6) is -0.748. The van der Waals surface area contributed by atoms with Gasteiger partial charge in [0, 0.05) is 16.5 Å². The average molecular weight is 294 g/mol. The van der Waals surface area contributed by atoms with Crippen LogP contribution in [0.4, 0.5) is 13.9 Å². The number of hydrogen-bond donors (Lipinski definition) is 1. The first-order valence-electron chi connectivity index (χ1n) is 6.86. The molecular weight excluding hydrogens is 278 g/mol. The molecule has 20 heavy (non-hydrogen) atoms. The Hall–Kier alpha value is -1.49. The fourth-order valence-corrected chi connectivity index (χ4v) is 3.91. The van der Waals surface area contributed by atoms with Gasteiger partial charge in [0.15, 0.2) is 5.13 Å². The summed E-state index contributed by atoms with van der Waals surface area (Å²) in [6.45, 7) is 0. The van der Waals surface area contributed by atoms with Gasteiger partial charge in [0.2, 0.25) is 0 Å². The van der Waals surface area contributed by atoms with Crippen LogP contribution in [0.25, 0.3) is 11.3 Å². The van der Waals surface area contributed by atoms with E-state index in [4.69, 9.17) is 5.73 Å². The summed E-state index contributed by atoms with van der Waals surface area (Å²) >= 11 is 1.45. The lowest BCUT2D eigenvalue weighted by Gasteiger charge is -2.21. The van der Waals surface area contributed by atoms with E-state index in [-0.39, 0.29) is 0 Å². The molecule has 0 aliphatic heterocycles. The highest BCUT2D eigenvalue weighted by Gasteiger charge is 2.23. The van der Waals surface area contributed by atoms with Crippen molar-refractivity contribution in [2.45, 2.75) is 38.0 Å². The zero-order valence-corrected chi connectivity index (χ0v) is 11.9. The van der Waals surface area contributed by atoms with Gasteiger partial charge in [-0.2, -0.15) is 0 Å². The number of rotatable bonds is 2. The average Bonchev–Trinajstić information content (AvgIpc) is 2.81. The first-order valence-corrected chi connectivity index (χ1v) is 7.68. The van der Waals surface area contributed by atoms with Crippen LogP contribution >= 0.6 is 11.3 Å². The molecule has 3 rings (SSSR count). The zero-order valence-electron chi connectivity index (χ0n) is 11.0. The van der Waals surface area contributed by atoms with Crippen LogP contribution in [0, 0.1) is 11.6 Å². The van der Waals surface area contributed by atoms with Gasteiger partial charge in [-0.3, -0.25) is 0 Å². The van der Waals surface area contributed by atoms with E-state index in [1.807, 2.05) is 0 Å². The Labute approximate surface area is 120 Å². The van der Waals surface area contributed by atoms with Crippen LogP contribution in [-0.2, 0) is 0 Å². The molecule has 0 atom stereocenters. The smallest absolute Gasteiger partial charge is 0.180 e. The van der Waals surface area contributed by atoms with E-state index in [2.05, 4.69) is 4.98 Å². The summed E-state index contributed by atoms with van der Waals surface area (Å²) < 4.78 is 26.8. The maximum absolute atomic E-state index is 13.4. The molecule has 0 unspecified atom stereocenters. The van der Waals surface area contributed by atoms with Gasteiger partial charge in [-0.25, -0.2) is 13.8 Å². The molecular formula is C15H16F2N2S. The summed E-state index contributed by atoms with van der Waals surface area (Å²) in [6.07, 6.45) is 5.85. The normalized spacial score (nSPS) is 16.5. The van der Waals surface area contributed by atoms with Gasteiger partial charge in [-0.1, -0.05) is 19.3 Å². The second-order valence-electron chi connectivity index (χ2n) is 5.26. The van der Waals surface area contributed by atoms with Crippen molar-refractivity contribution < 1.29 is 8.78 Å². The summed E-state index contributed by atoms with van der Waals surface area (Å²) in [4.78, 5) is 5.38. The van der Waals surface area contributed by atoms with Crippen LogP contribution in [0.2, 0.25) is 0 Å². The van der Waals surface area contributed by atoms with Gasteiger partial charge in [0.25, 0.3) is 0 Å². The highest BCUT2D eigenvalue weighted by Crippen LogP contribution is 2.42. The summed E-state index contributed by atoms with van der Waals surface area (Å²) in [7, 11) is 0. The van der Waals surface area contributed by atoms with E-state index in [1.165, 1.54) is 42.7 Å². The van der Waals surface area contributed by atoms with Crippen molar-refractivity contribution in [1.29, 1.82) is 0 Å². The third-order valence-corrected chi connectivity index (χ3v) is 4.83. The van der Waals surface area contributed by atoms with Crippen LogP contribution in [0.1, 0.15) is 42.9 Å². The number of aromatic nitrogens is 1. The fourth-order valence-electron chi connectivity index (χ4n) is 2.89. The molecule has 1 aliphatic rings. The number of hydrogen-bond acceptors (Lipinski definition) is 3. The number of thiazole rings is 1. The molecule has 0 amide bonds. The predicted octanol–water partition coefficient (Wildman–Crippen LogP) is 4.72. The van der Waals surface area contributed by atoms with Crippen LogP contribution in [-0.4, -0.2) is 4.98 Å². The van der Waals surface area contributed by atoms with E-state index < -0.39 is 11.6 Å². The number of nitrogen functional groups attached to an aromatic ring is 1. The van der Waals surface area contributed by atoms with E-state index in [1.54, 1.807) is 0 Å². The molecule has 0 bridgehead atoms. The second-order valence-corrected chi connectivity index (χ2v) is 6.32. The standard InChI is InChI=1S/C15H16F2N2S/c16-11-6-10(7-12(17)8-11)13-14(20-15(18)19-13)9-4-2-1-3-5-9/h6-9H,1-5H2,(H2,18,19). The van der Waals surface area contributed by atoms with Gasteiger partial charge < -0.3 is 5.73 Å². The summed E-state index contributed by atoms with van der Waals surface area (Å²) in [5, 5.41) is 0.463. The number of nitrogens with two attached hydrogens (primary N) is 1. The molecule has 1 aromatic heterocycles. The van der Waals surface area contributed by atoms with E-state index >= 15 is 0 Å². The van der Waals surface area contributed by atoms with E-state index in [9.17, 15) is 8.78 Å². The maximum atomic E-state index is 13.4. The number of benzene rings is 1. The minimum atomic E-state index is -0.582. The predicted molar refractivity (Wildman–Crippen MR) is 77.7 cm³/mol. The summed E-state index contributed by atoms with van der Waals surface area (Å²) in [6, 6.07) is 3.52. The first-order chi connectivity index (χ1) is 9.63. The van der Waals surface area contributed by atoms with Gasteiger partial charge in [0.1, 0.15) is 11.6 Å². The lowest BCUT2D eigenvalue weighted by molar-refractivity contribution is 0.448. The van der Waals surface area contributed by atoms with Crippen molar-refractivity contribution in [3.63, 3.8) is 0 Å². The number of halogens is 2. The van der Waals surface area contributed by atoms with E-state index in [0.29, 0.717) is 22.3 Å². The zero-order chi connectivity index (χ0) is 14.1. The topological polar surface area (TPSA) is 38.9 Å². The van der Waals surface area contributed by atoms with Gasteiger partial charge >= 0.3 is 0 Å². The summed E-state index contributed by atoms with van der Waals surface area (Å²) in [5.41, 5.74) is 6.95. The SMILES string of the molecule is Nc1nc(-c2cc(F)cc(F)c2)c(C2CCCCC2)s1. The highest BCUT2D eigenvalue weighted by molar-refractivity contribution is 7.15. The lowest BCUT2D eigenvalue weighted by Crippen LogP contribution is -2.04. The number of nitrogens with zero attached hydrogens (tertiary/aromatic N) is 1. The van der Waals surface area contributed by atoms with Crippen molar-refractivity contribution in [3.05, 3.63) is 34.7 Å². The maximum Gasteiger partial charge on any atom is 0.180 e. The fraction of sp³-hybridized carbons (Fsp3) is 0.400. The molecule has 1 fully saturated rings. The van der Waals surface area contributed by atoms with Crippen molar-refractivity contribution in [2.24, 2.45) is 0 Å². The Balaban J connectivity index is 2.04. The van der Waals surface area contributed by atoms with Crippen LogP contribution < -0.4 is 5.73 Å². The minimum absolute atomic E-state index is 0.417. The molecule has 1 aromatic carbocycles. The minimum Gasteiger partial charge on any atom is -0.375 e. The van der Waals surface area contributed by atoms with Gasteiger partial charge in [-0.15, -0.1) is 11.3 Å². The Morgan fingerprint density at radius 1 is 1.05 bits per heavy atom. The first kappa shape index (κ1) is 13.5. The molecule has 0 saturated heterocycles. The molecule has 1 saturated carbocycles. The molecule has 5 heteroatoms. The molecule has 0 radical (unpaired) electrons. The highest BCUT2D eigenvalue weighted by atomic mass is 32.1. The third-order valence-electron chi connectivity index (χ3n) is 3.78. The second kappa shape index (κ2) is 5.48. The quantitative estimate of drug-likeness (QED) is 0.870. The van der Waals surface area contributed by atoms with Crippen molar-refractivity contribution in [1.82, 2.24) is 4.98 Å². The Kier molecular flexibility index (Phi) is 3.70. The van der Waals surface area contributed by atoms with Crippen molar-refractivity contribution in [3.8, 4) is 11.3 Å². The van der Waals surface area contributed by atoms with Crippen molar-refractivity contribution >= 4 is 16.5 Å². The molecule has 2 N–H and O–H groups in total. The Bertz CT molecular complexity index is 598. The monoisotopic (exact) mass is 294 g/mol. The molecule has 2 nitrogen and oxygen atoms in total. The van der Waals surface area contributed by atoms with Crippen LogP contribution in [0.5, 0.6) is 0 Å². The molecule has 0 spiro atoms. The molecule has 1 aliphatic carbocycles.